The first kappa shape index (κ1) is 21.1. The van der Waals surface area contributed by atoms with Gasteiger partial charge in [0.1, 0.15) is 5.75 Å². The Balaban J connectivity index is 1.71. The maximum atomic E-state index is 12.6. The molecule has 0 spiro atoms. The molecule has 4 rings (SSSR count). The number of rotatable bonds is 7. The van der Waals surface area contributed by atoms with Crippen molar-refractivity contribution in [3.8, 4) is 5.75 Å². The molecule has 1 atom stereocenters. The van der Waals surface area contributed by atoms with Gasteiger partial charge in [0.15, 0.2) is 11.2 Å². The fraction of sp³-hybridized carbons (Fsp3) is 0.182. The molecule has 0 amide bonds. The zero-order valence-electron chi connectivity index (χ0n) is 17.5. The lowest BCUT2D eigenvalue weighted by Gasteiger charge is -2.14. The molecule has 2 aromatic carbocycles. The fourth-order valence-corrected chi connectivity index (χ4v) is 3.31. The number of aromatic nitrogens is 4. The smallest absolute Gasteiger partial charge is 0.329 e. The first-order valence-corrected chi connectivity index (χ1v) is 9.83. The molecule has 0 bridgehead atoms. The Hall–Kier alpha value is -4.18. The van der Waals surface area contributed by atoms with E-state index >= 15 is 0 Å². The zero-order valence-corrected chi connectivity index (χ0v) is 17.5. The molecule has 0 radical (unpaired) electrons. The van der Waals surface area contributed by atoms with Gasteiger partial charge in [-0.05, 0) is 35.4 Å². The van der Waals surface area contributed by atoms with Gasteiger partial charge in [-0.3, -0.25) is 18.9 Å². The minimum Gasteiger partial charge on any atom is -0.497 e. The van der Waals surface area contributed by atoms with Gasteiger partial charge >= 0.3 is 5.69 Å². The second-order valence-electron chi connectivity index (χ2n) is 7.11. The van der Waals surface area contributed by atoms with Crippen molar-refractivity contribution in [1.82, 2.24) is 19.1 Å². The molecule has 32 heavy (non-hydrogen) atoms. The number of aliphatic hydroxyl groups is 1. The first-order valence-electron chi connectivity index (χ1n) is 9.83. The van der Waals surface area contributed by atoms with Crippen LogP contribution in [0.4, 0.5) is 5.95 Å². The predicted octanol–water partition coefficient (Wildman–Crippen LogP) is 1.61. The third-order valence-corrected chi connectivity index (χ3v) is 5.04. The van der Waals surface area contributed by atoms with Crippen LogP contribution in [-0.2, 0) is 13.6 Å². The minimum absolute atomic E-state index is 0.0299. The molecule has 0 saturated heterocycles. The summed E-state index contributed by atoms with van der Waals surface area (Å²) >= 11 is 0. The standard InChI is InChI=1S/C22H22N6O4/c1-27-19-18(20(30)25-22(27)31)28(13-17(29)15-6-4-3-5-7-15)21(24-19)26-23-12-14-8-10-16(32-2)11-9-14/h3-12,17,29H,13H2,1-2H3,(H,24,26)(H,25,30,31)/b23-12-/t17-/m1/s1. The van der Waals surface area contributed by atoms with E-state index in [0.717, 1.165) is 11.3 Å². The maximum Gasteiger partial charge on any atom is 0.329 e. The summed E-state index contributed by atoms with van der Waals surface area (Å²) in [4.78, 5) is 31.2. The lowest BCUT2D eigenvalue weighted by molar-refractivity contribution is 0.158. The second kappa shape index (κ2) is 8.90. The first-order chi connectivity index (χ1) is 15.5. The van der Waals surface area contributed by atoms with Crippen molar-refractivity contribution in [2.75, 3.05) is 12.5 Å². The lowest BCUT2D eigenvalue weighted by atomic mass is 10.1. The number of imidazole rings is 1. The minimum atomic E-state index is -0.906. The Labute approximate surface area is 182 Å². The lowest BCUT2D eigenvalue weighted by Crippen LogP contribution is -2.29. The van der Waals surface area contributed by atoms with Gasteiger partial charge in [0.25, 0.3) is 5.56 Å². The Bertz CT molecular complexity index is 1370. The molecular formula is C22H22N6O4. The highest BCUT2D eigenvalue weighted by Crippen LogP contribution is 2.21. The molecule has 164 valence electrons. The highest BCUT2D eigenvalue weighted by atomic mass is 16.5. The zero-order chi connectivity index (χ0) is 22.7. The molecule has 2 heterocycles. The highest BCUT2D eigenvalue weighted by Gasteiger charge is 2.20. The van der Waals surface area contributed by atoms with E-state index in [4.69, 9.17) is 4.74 Å². The number of benzene rings is 2. The quantitative estimate of drug-likeness (QED) is 0.300. The normalized spacial score (nSPS) is 12.3. The topological polar surface area (TPSA) is 127 Å². The van der Waals surface area contributed by atoms with Gasteiger partial charge in [0.05, 0.1) is 26.0 Å². The Morgan fingerprint density at radius 3 is 2.59 bits per heavy atom. The summed E-state index contributed by atoms with van der Waals surface area (Å²) in [6.07, 6.45) is 0.677. The summed E-state index contributed by atoms with van der Waals surface area (Å²) in [7, 11) is 3.10. The van der Waals surface area contributed by atoms with Crippen LogP contribution < -0.4 is 21.4 Å². The van der Waals surface area contributed by atoms with Gasteiger partial charge in [-0.2, -0.15) is 10.1 Å². The van der Waals surface area contributed by atoms with Gasteiger partial charge in [-0.1, -0.05) is 30.3 Å². The number of aromatic amines is 1. The van der Waals surface area contributed by atoms with Crippen LogP contribution in [0.3, 0.4) is 0 Å². The number of hydrogen-bond acceptors (Lipinski definition) is 7. The van der Waals surface area contributed by atoms with E-state index in [1.807, 2.05) is 42.5 Å². The molecule has 0 unspecified atom stereocenters. The van der Waals surface area contributed by atoms with Crippen LogP contribution in [0.2, 0.25) is 0 Å². The number of aliphatic hydroxyl groups excluding tert-OH is 1. The van der Waals surface area contributed by atoms with E-state index in [1.165, 1.54) is 16.2 Å². The molecule has 4 aromatic rings. The number of H-pyrrole nitrogens is 1. The molecule has 10 nitrogen and oxygen atoms in total. The van der Waals surface area contributed by atoms with Crippen LogP contribution in [0, 0.1) is 0 Å². The summed E-state index contributed by atoms with van der Waals surface area (Å²) in [5.41, 5.74) is 3.48. The number of nitrogens with zero attached hydrogens (tertiary/aromatic N) is 4. The number of ether oxygens (including phenoxy) is 1. The van der Waals surface area contributed by atoms with Gasteiger partial charge in [0.2, 0.25) is 5.95 Å². The van der Waals surface area contributed by atoms with E-state index < -0.39 is 17.4 Å². The number of methoxy groups -OCH3 is 1. The number of fused-ring (bicyclic) bond motifs is 1. The van der Waals surface area contributed by atoms with Crippen molar-refractivity contribution in [2.45, 2.75) is 12.6 Å². The average Bonchev–Trinajstić information content (AvgIpc) is 3.17. The van der Waals surface area contributed by atoms with E-state index in [2.05, 4.69) is 20.5 Å². The molecular weight excluding hydrogens is 412 g/mol. The SMILES string of the molecule is COc1ccc(/C=N\Nc2nc3c(c(=O)[nH]c(=O)n3C)n2C[C@@H](O)c2ccccc2)cc1. The number of aryl methyl sites for hydroxylation is 1. The van der Waals surface area contributed by atoms with Crippen LogP contribution in [-0.4, -0.2) is 37.5 Å². The highest BCUT2D eigenvalue weighted by molar-refractivity contribution is 5.80. The van der Waals surface area contributed by atoms with Crippen molar-refractivity contribution < 1.29 is 9.84 Å². The van der Waals surface area contributed by atoms with Crippen molar-refractivity contribution in [2.24, 2.45) is 12.1 Å². The number of nitrogens with one attached hydrogen (secondary N) is 2. The van der Waals surface area contributed by atoms with Crippen LogP contribution in [0.15, 0.2) is 69.3 Å². The fourth-order valence-electron chi connectivity index (χ4n) is 3.31. The van der Waals surface area contributed by atoms with E-state index in [9.17, 15) is 14.7 Å². The number of hydrazone groups is 1. The Morgan fingerprint density at radius 1 is 1.19 bits per heavy atom. The van der Waals surface area contributed by atoms with Crippen molar-refractivity contribution >= 4 is 23.3 Å². The molecule has 3 N–H and O–H groups in total. The summed E-state index contributed by atoms with van der Waals surface area (Å²) in [5, 5.41) is 14.9. The van der Waals surface area contributed by atoms with E-state index in [-0.39, 0.29) is 23.7 Å². The van der Waals surface area contributed by atoms with Gasteiger partial charge in [-0.25, -0.2) is 10.2 Å². The van der Waals surface area contributed by atoms with E-state index in [1.54, 1.807) is 25.5 Å². The van der Waals surface area contributed by atoms with Gasteiger partial charge < -0.3 is 9.84 Å². The third kappa shape index (κ3) is 4.16. The molecule has 10 heteroatoms. The number of anilines is 1. The Kier molecular flexibility index (Phi) is 5.86. The second-order valence-corrected chi connectivity index (χ2v) is 7.11. The molecule has 0 aliphatic heterocycles. The van der Waals surface area contributed by atoms with Crippen molar-refractivity contribution in [3.63, 3.8) is 0 Å². The molecule has 0 saturated carbocycles. The van der Waals surface area contributed by atoms with Crippen molar-refractivity contribution in [1.29, 1.82) is 0 Å². The van der Waals surface area contributed by atoms with Crippen LogP contribution in [0.5, 0.6) is 5.75 Å². The van der Waals surface area contributed by atoms with Gasteiger partial charge in [-0.15, -0.1) is 0 Å². The van der Waals surface area contributed by atoms with Crippen LogP contribution >= 0.6 is 0 Å². The third-order valence-electron chi connectivity index (χ3n) is 5.04. The van der Waals surface area contributed by atoms with Gasteiger partial charge in [0, 0.05) is 7.05 Å². The van der Waals surface area contributed by atoms with Crippen LogP contribution in [0.25, 0.3) is 11.2 Å². The van der Waals surface area contributed by atoms with Crippen LogP contribution in [0.1, 0.15) is 17.2 Å². The molecule has 0 aliphatic carbocycles. The summed E-state index contributed by atoms with van der Waals surface area (Å²) in [5.74, 6) is 0.943. The van der Waals surface area contributed by atoms with Crippen molar-refractivity contribution in [3.05, 3.63) is 86.6 Å². The molecule has 0 fully saturated rings. The molecule has 0 aliphatic rings. The maximum absolute atomic E-state index is 12.6. The average molecular weight is 434 g/mol. The Morgan fingerprint density at radius 2 is 1.91 bits per heavy atom. The summed E-state index contributed by atoms with van der Waals surface area (Å²) < 4.78 is 7.89. The number of hydrogen-bond donors (Lipinski definition) is 3. The summed E-state index contributed by atoms with van der Waals surface area (Å²) in [6.45, 7) is 0.0299. The monoisotopic (exact) mass is 434 g/mol. The molecule has 2 aromatic heterocycles. The largest absolute Gasteiger partial charge is 0.497 e. The predicted molar refractivity (Wildman–Crippen MR) is 121 cm³/mol. The summed E-state index contributed by atoms with van der Waals surface area (Å²) in [6, 6.07) is 16.4. The van der Waals surface area contributed by atoms with E-state index in [0.29, 0.717) is 5.56 Å².